The summed E-state index contributed by atoms with van der Waals surface area (Å²) in [5.41, 5.74) is 0. The van der Waals surface area contributed by atoms with Crippen molar-refractivity contribution in [1.29, 1.82) is 0 Å². The summed E-state index contributed by atoms with van der Waals surface area (Å²) in [6, 6.07) is 0.724. The highest BCUT2D eigenvalue weighted by atomic mass is 14.8. The number of hydrogen-bond donors (Lipinski definition) is 0. The topological polar surface area (TPSA) is 12.4 Å². The maximum absolute atomic E-state index is 4.38. The molecule has 0 bridgehead atoms. The van der Waals surface area contributed by atoms with Gasteiger partial charge in [0.25, 0.3) is 0 Å². The van der Waals surface area contributed by atoms with Crippen LogP contribution in [0.2, 0.25) is 0 Å². The Bertz CT molecular complexity index is 103. The standard InChI is InChI=1S/C9H17N/c1-2-3-4-5-8-10-9-6-7-9/h8-9H,2-7H2,1H3. The first-order valence-electron chi connectivity index (χ1n) is 4.45. The number of rotatable bonds is 5. The molecule has 58 valence electrons. The summed E-state index contributed by atoms with van der Waals surface area (Å²) < 4.78 is 0. The van der Waals surface area contributed by atoms with Gasteiger partial charge in [0.15, 0.2) is 0 Å². The third kappa shape index (κ3) is 3.65. The fourth-order valence-corrected chi connectivity index (χ4v) is 0.933. The quantitative estimate of drug-likeness (QED) is 0.410. The predicted octanol–water partition coefficient (Wildman–Crippen LogP) is 2.80. The molecule has 0 radical (unpaired) electrons. The average Bonchev–Trinajstić information content (AvgIpc) is 2.71. The zero-order chi connectivity index (χ0) is 7.23. The van der Waals surface area contributed by atoms with Crippen molar-refractivity contribution in [3.05, 3.63) is 0 Å². The van der Waals surface area contributed by atoms with E-state index in [2.05, 4.69) is 18.1 Å². The molecule has 0 aromatic carbocycles. The molecule has 1 fully saturated rings. The van der Waals surface area contributed by atoms with Crippen molar-refractivity contribution < 1.29 is 0 Å². The maximum Gasteiger partial charge on any atom is 0.0497 e. The van der Waals surface area contributed by atoms with E-state index >= 15 is 0 Å². The van der Waals surface area contributed by atoms with E-state index < -0.39 is 0 Å². The van der Waals surface area contributed by atoms with Crippen molar-refractivity contribution in [3.63, 3.8) is 0 Å². The molecular weight excluding hydrogens is 122 g/mol. The van der Waals surface area contributed by atoms with Crippen LogP contribution in [0.1, 0.15) is 45.4 Å². The monoisotopic (exact) mass is 139 g/mol. The molecule has 1 aliphatic rings. The Balaban J connectivity index is 1.83. The Labute approximate surface area is 63.5 Å². The van der Waals surface area contributed by atoms with Gasteiger partial charge < -0.3 is 0 Å². The zero-order valence-electron chi connectivity index (χ0n) is 6.84. The normalized spacial score (nSPS) is 18.5. The van der Waals surface area contributed by atoms with E-state index in [-0.39, 0.29) is 0 Å². The molecular formula is C9H17N. The van der Waals surface area contributed by atoms with Gasteiger partial charge in [-0.25, -0.2) is 0 Å². The first-order chi connectivity index (χ1) is 4.93. The Morgan fingerprint density at radius 1 is 1.40 bits per heavy atom. The van der Waals surface area contributed by atoms with Crippen molar-refractivity contribution in [2.45, 2.75) is 51.5 Å². The highest BCUT2D eigenvalue weighted by Gasteiger charge is 2.18. The minimum absolute atomic E-state index is 0.724. The fourth-order valence-electron chi connectivity index (χ4n) is 0.933. The minimum Gasteiger partial charge on any atom is -0.294 e. The largest absolute Gasteiger partial charge is 0.294 e. The first-order valence-corrected chi connectivity index (χ1v) is 4.45. The molecule has 0 aliphatic heterocycles. The van der Waals surface area contributed by atoms with Crippen molar-refractivity contribution in [2.75, 3.05) is 0 Å². The highest BCUT2D eigenvalue weighted by Crippen LogP contribution is 2.22. The van der Waals surface area contributed by atoms with Gasteiger partial charge in [0.1, 0.15) is 0 Å². The molecule has 0 heterocycles. The zero-order valence-corrected chi connectivity index (χ0v) is 6.84. The Hall–Kier alpha value is -0.330. The van der Waals surface area contributed by atoms with E-state index in [1.165, 1.54) is 38.5 Å². The third-order valence-corrected chi connectivity index (χ3v) is 1.80. The van der Waals surface area contributed by atoms with Gasteiger partial charge in [-0.15, -0.1) is 0 Å². The summed E-state index contributed by atoms with van der Waals surface area (Å²) in [5, 5.41) is 0. The number of aliphatic imine (C=N–C) groups is 1. The van der Waals surface area contributed by atoms with E-state index in [4.69, 9.17) is 0 Å². The minimum atomic E-state index is 0.724. The van der Waals surface area contributed by atoms with Crippen LogP contribution in [0, 0.1) is 0 Å². The summed E-state index contributed by atoms with van der Waals surface area (Å²) in [6.45, 7) is 2.23. The van der Waals surface area contributed by atoms with Crippen molar-refractivity contribution in [2.24, 2.45) is 4.99 Å². The van der Waals surface area contributed by atoms with Crippen LogP contribution >= 0.6 is 0 Å². The van der Waals surface area contributed by atoms with Crippen LogP contribution in [-0.2, 0) is 0 Å². The number of unbranched alkanes of at least 4 members (excludes halogenated alkanes) is 3. The van der Waals surface area contributed by atoms with Crippen LogP contribution in [0.25, 0.3) is 0 Å². The summed E-state index contributed by atoms with van der Waals surface area (Å²) in [4.78, 5) is 4.38. The summed E-state index contributed by atoms with van der Waals surface area (Å²) in [6.07, 6.45) is 9.99. The van der Waals surface area contributed by atoms with Crippen molar-refractivity contribution in [3.8, 4) is 0 Å². The van der Waals surface area contributed by atoms with Gasteiger partial charge >= 0.3 is 0 Å². The van der Waals surface area contributed by atoms with E-state index in [0.717, 1.165) is 6.04 Å². The molecule has 0 saturated heterocycles. The Morgan fingerprint density at radius 2 is 2.20 bits per heavy atom. The van der Waals surface area contributed by atoms with Crippen LogP contribution < -0.4 is 0 Å². The van der Waals surface area contributed by atoms with E-state index in [9.17, 15) is 0 Å². The van der Waals surface area contributed by atoms with Crippen molar-refractivity contribution >= 4 is 6.21 Å². The highest BCUT2D eigenvalue weighted by molar-refractivity contribution is 5.57. The van der Waals surface area contributed by atoms with Gasteiger partial charge in [-0.2, -0.15) is 0 Å². The molecule has 1 aliphatic carbocycles. The first kappa shape index (κ1) is 7.77. The second kappa shape index (κ2) is 4.48. The number of hydrogen-bond acceptors (Lipinski definition) is 1. The summed E-state index contributed by atoms with van der Waals surface area (Å²) in [5.74, 6) is 0. The lowest BCUT2D eigenvalue weighted by Crippen LogP contribution is -1.79. The third-order valence-electron chi connectivity index (χ3n) is 1.80. The average molecular weight is 139 g/mol. The fraction of sp³-hybridized carbons (Fsp3) is 0.889. The molecule has 0 atom stereocenters. The molecule has 0 aromatic heterocycles. The molecule has 10 heavy (non-hydrogen) atoms. The number of nitrogens with zero attached hydrogens (tertiary/aromatic N) is 1. The molecule has 0 unspecified atom stereocenters. The lowest BCUT2D eigenvalue weighted by molar-refractivity contribution is 0.745. The van der Waals surface area contributed by atoms with Crippen LogP contribution in [0.15, 0.2) is 4.99 Å². The molecule has 1 heteroatoms. The van der Waals surface area contributed by atoms with Crippen LogP contribution in [-0.4, -0.2) is 12.3 Å². The molecule has 0 amide bonds. The SMILES string of the molecule is CCCCCC=NC1CC1. The smallest absolute Gasteiger partial charge is 0.0497 e. The summed E-state index contributed by atoms with van der Waals surface area (Å²) >= 11 is 0. The van der Waals surface area contributed by atoms with Gasteiger partial charge in [-0.1, -0.05) is 19.8 Å². The molecule has 1 rings (SSSR count). The molecule has 1 saturated carbocycles. The molecule has 0 N–H and O–H groups in total. The maximum atomic E-state index is 4.38. The Kier molecular flexibility index (Phi) is 3.48. The lowest BCUT2D eigenvalue weighted by Gasteiger charge is -1.90. The van der Waals surface area contributed by atoms with E-state index in [1.54, 1.807) is 0 Å². The van der Waals surface area contributed by atoms with Gasteiger partial charge in [0, 0.05) is 6.04 Å². The van der Waals surface area contributed by atoms with Crippen LogP contribution in [0.4, 0.5) is 0 Å². The van der Waals surface area contributed by atoms with E-state index in [1.807, 2.05) is 0 Å². The predicted molar refractivity (Wildman–Crippen MR) is 45.7 cm³/mol. The summed E-state index contributed by atoms with van der Waals surface area (Å²) in [7, 11) is 0. The van der Waals surface area contributed by atoms with E-state index in [0.29, 0.717) is 0 Å². The van der Waals surface area contributed by atoms with Gasteiger partial charge in [0.2, 0.25) is 0 Å². The molecule has 0 aromatic rings. The van der Waals surface area contributed by atoms with Gasteiger partial charge in [0.05, 0.1) is 0 Å². The second-order valence-corrected chi connectivity index (χ2v) is 3.06. The van der Waals surface area contributed by atoms with Crippen LogP contribution in [0.3, 0.4) is 0 Å². The van der Waals surface area contributed by atoms with Crippen molar-refractivity contribution in [1.82, 2.24) is 0 Å². The molecule has 0 spiro atoms. The Morgan fingerprint density at radius 3 is 2.80 bits per heavy atom. The second-order valence-electron chi connectivity index (χ2n) is 3.06. The van der Waals surface area contributed by atoms with Gasteiger partial charge in [-0.3, -0.25) is 4.99 Å². The lowest BCUT2D eigenvalue weighted by atomic mass is 10.2. The molecule has 1 nitrogen and oxygen atoms in total. The van der Waals surface area contributed by atoms with Crippen LogP contribution in [0.5, 0.6) is 0 Å². The van der Waals surface area contributed by atoms with Gasteiger partial charge in [-0.05, 0) is 31.9 Å².